The fraction of sp³-hybridized carbons (Fsp3) is 0.320. The topological polar surface area (TPSA) is 69.0 Å². The van der Waals surface area contributed by atoms with Crippen LogP contribution in [-0.4, -0.2) is 24.0 Å². The van der Waals surface area contributed by atoms with Gasteiger partial charge in [0.05, 0.1) is 16.8 Å². The van der Waals surface area contributed by atoms with Gasteiger partial charge in [-0.15, -0.1) is 0 Å². The van der Waals surface area contributed by atoms with Gasteiger partial charge in [-0.05, 0) is 61.6 Å². The Morgan fingerprint density at radius 3 is 2.62 bits per heavy atom. The fourth-order valence-electron chi connectivity index (χ4n) is 4.29. The molecule has 0 spiro atoms. The molecule has 32 heavy (non-hydrogen) atoms. The number of amides is 1. The molecule has 0 aliphatic carbocycles. The van der Waals surface area contributed by atoms with Crippen LogP contribution in [0, 0.1) is 42.7 Å². The second-order valence-electron chi connectivity index (χ2n) is 8.31. The van der Waals surface area contributed by atoms with Crippen LogP contribution in [0.2, 0.25) is 0 Å². The minimum atomic E-state index is -0.366. The van der Waals surface area contributed by atoms with Gasteiger partial charge in [0, 0.05) is 37.1 Å². The van der Waals surface area contributed by atoms with Crippen molar-refractivity contribution in [1.29, 1.82) is 5.26 Å². The third-order valence-corrected chi connectivity index (χ3v) is 6.10. The van der Waals surface area contributed by atoms with Crippen molar-refractivity contribution in [3.05, 3.63) is 70.4 Å². The molecule has 1 saturated heterocycles. The van der Waals surface area contributed by atoms with E-state index in [2.05, 4.69) is 16.4 Å². The van der Waals surface area contributed by atoms with Crippen LogP contribution in [0.4, 0.5) is 14.5 Å². The summed E-state index contributed by atoms with van der Waals surface area (Å²) >= 11 is 0. The molecule has 1 N–H and O–H groups in total. The van der Waals surface area contributed by atoms with Crippen molar-refractivity contribution in [3.8, 4) is 6.07 Å². The number of aryl methyl sites for hydroxylation is 2. The number of rotatable bonds is 4. The average molecular weight is 434 g/mol. The van der Waals surface area contributed by atoms with Crippen molar-refractivity contribution in [2.75, 3.05) is 18.0 Å². The molecule has 1 aromatic heterocycles. The number of fused-ring (bicyclic) bond motifs is 1. The molecule has 2 heterocycles. The number of nitrogens with zero attached hydrogens (tertiary/aromatic N) is 3. The average Bonchev–Trinajstić information content (AvgIpc) is 2.79. The summed E-state index contributed by atoms with van der Waals surface area (Å²) < 4.78 is 27.8. The van der Waals surface area contributed by atoms with E-state index >= 15 is 0 Å². The van der Waals surface area contributed by atoms with Crippen molar-refractivity contribution >= 4 is 22.5 Å². The predicted octanol–water partition coefficient (Wildman–Crippen LogP) is 4.53. The number of hydrogen-bond donors (Lipinski definition) is 1. The summed E-state index contributed by atoms with van der Waals surface area (Å²) in [5.74, 6) is -0.879. The number of aromatic nitrogens is 1. The van der Waals surface area contributed by atoms with Gasteiger partial charge < -0.3 is 10.2 Å². The number of piperidine rings is 1. The Labute approximate surface area is 185 Å². The first kappa shape index (κ1) is 21.7. The van der Waals surface area contributed by atoms with Gasteiger partial charge in [-0.2, -0.15) is 5.26 Å². The number of nitriles is 1. The van der Waals surface area contributed by atoms with Crippen LogP contribution in [0.5, 0.6) is 0 Å². The number of carbonyl (C=O) groups is 1. The van der Waals surface area contributed by atoms with E-state index in [0.717, 1.165) is 5.56 Å². The van der Waals surface area contributed by atoms with Crippen LogP contribution < -0.4 is 10.2 Å². The Kier molecular flexibility index (Phi) is 6.04. The number of anilines is 1. The summed E-state index contributed by atoms with van der Waals surface area (Å²) in [6, 6.07) is 9.97. The van der Waals surface area contributed by atoms with E-state index in [1.54, 1.807) is 26.0 Å². The zero-order valence-corrected chi connectivity index (χ0v) is 18.1. The Bertz CT molecular complexity index is 1230. The van der Waals surface area contributed by atoms with Gasteiger partial charge in [0.15, 0.2) is 0 Å². The van der Waals surface area contributed by atoms with Crippen LogP contribution in [0.1, 0.15) is 35.1 Å². The normalized spacial score (nSPS) is 14.4. The summed E-state index contributed by atoms with van der Waals surface area (Å²) in [6.07, 6.45) is 2.75. The van der Waals surface area contributed by atoms with Crippen LogP contribution in [0.25, 0.3) is 10.9 Å². The second-order valence-corrected chi connectivity index (χ2v) is 8.31. The van der Waals surface area contributed by atoms with E-state index in [4.69, 9.17) is 0 Å². The van der Waals surface area contributed by atoms with Crippen LogP contribution >= 0.6 is 0 Å². The molecule has 7 heteroatoms. The highest BCUT2D eigenvalue weighted by molar-refractivity contribution is 5.96. The molecule has 0 bridgehead atoms. The molecule has 4 rings (SSSR count). The van der Waals surface area contributed by atoms with E-state index < -0.39 is 0 Å². The van der Waals surface area contributed by atoms with Crippen molar-refractivity contribution in [1.82, 2.24) is 10.3 Å². The Morgan fingerprint density at radius 1 is 1.19 bits per heavy atom. The standard InChI is InChI=1S/C25H24F2N4O/c1-15-3-4-17(10-22(15)27)13-30-25(32)18-5-7-31(8-6-18)24-19(12-28)14-29-23-16(2)9-20(26)11-21(23)24/h3-4,9-11,14,18H,5-8,13H2,1-2H3,(H,30,32). The van der Waals surface area contributed by atoms with Crippen molar-refractivity contribution in [3.63, 3.8) is 0 Å². The summed E-state index contributed by atoms with van der Waals surface area (Å²) in [7, 11) is 0. The Morgan fingerprint density at radius 2 is 1.94 bits per heavy atom. The molecule has 0 atom stereocenters. The largest absolute Gasteiger partial charge is 0.370 e. The molecule has 1 fully saturated rings. The summed E-state index contributed by atoms with van der Waals surface area (Å²) in [5, 5.41) is 13.1. The third-order valence-electron chi connectivity index (χ3n) is 6.10. The number of halogens is 2. The molecule has 164 valence electrons. The van der Waals surface area contributed by atoms with E-state index in [-0.39, 0.29) is 30.0 Å². The van der Waals surface area contributed by atoms with Crippen molar-refractivity contribution < 1.29 is 13.6 Å². The van der Waals surface area contributed by atoms with Gasteiger partial charge in [-0.3, -0.25) is 9.78 Å². The lowest BCUT2D eigenvalue weighted by molar-refractivity contribution is -0.125. The number of carbonyl (C=O) groups excluding carboxylic acids is 1. The first-order chi connectivity index (χ1) is 15.4. The quantitative estimate of drug-likeness (QED) is 0.655. The second kappa shape index (κ2) is 8.91. The minimum Gasteiger partial charge on any atom is -0.370 e. The van der Waals surface area contributed by atoms with Gasteiger partial charge in [-0.25, -0.2) is 8.78 Å². The maximum absolute atomic E-state index is 14.1. The highest BCUT2D eigenvalue weighted by atomic mass is 19.1. The molecule has 0 unspecified atom stereocenters. The van der Waals surface area contributed by atoms with E-state index in [0.29, 0.717) is 59.2 Å². The third kappa shape index (κ3) is 4.26. The van der Waals surface area contributed by atoms with E-state index in [1.165, 1.54) is 24.4 Å². The van der Waals surface area contributed by atoms with Gasteiger partial charge in [-0.1, -0.05) is 12.1 Å². The van der Waals surface area contributed by atoms with Crippen molar-refractivity contribution in [2.45, 2.75) is 33.2 Å². The lowest BCUT2D eigenvalue weighted by Gasteiger charge is -2.34. The SMILES string of the molecule is Cc1ccc(CNC(=O)C2CCN(c3c(C#N)cnc4c(C)cc(F)cc34)CC2)cc1F. The number of nitrogens with one attached hydrogen (secondary N) is 1. The molecule has 0 radical (unpaired) electrons. The minimum absolute atomic E-state index is 0.0624. The first-order valence-corrected chi connectivity index (χ1v) is 10.6. The first-order valence-electron chi connectivity index (χ1n) is 10.6. The van der Waals surface area contributed by atoms with Crippen LogP contribution in [-0.2, 0) is 11.3 Å². The summed E-state index contributed by atoms with van der Waals surface area (Å²) in [4.78, 5) is 19.0. The zero-order chi connectivity index (χ0) is 22.8. The lowest BCUT2D eigenvalue weighted by atomic mass is 9.94. The Hall–Kier alpha value is -3.53. The van der Waals surface area contributed by atoms with E-state index in [1.807, 2.05) is 4.90 Å². The maximum atomic E-state index is 14.1. The predicted molar refractivity (Wildman–Crippen MR) is 119 cm³/mol. The Balaban J connectivity index is 1.47. The number of pyridine rings is 1. The van der Waals surface area contributed by atoms with Gasteiger partial charge in [0.1, 0.15) is 17.7 Å². The van der Waals surface area contributed by atoms with Crippen LogP contribution in [0.15, 0.2) is 36.5 Å². The van der Waals surface area contributed by atoms with Crippen molar-refractivity contribution in [2.24, 2.45) is 5.92 Å². The monoisotopic (exact) mass is 434 g/mol. The fourth-order valence-corrected chi connectivity index (χ4v) is 4.29. The molecular weight excluding hydrogens is 410 g/mol. The zero-order valence-electron chi connectivity index (χ0n) is 18.1. The van der Waals surface area contributed by atoms with Crippen LogP contribution in [0.3, 0.4) is 0 Å². The number of benzene rings is 2. The lowest BCUT2D eigenvalue weighted by Crippen LogP contribution is -2.40. The smallest absolute Gasteiger partial charge is 0.223 e. The van der Waals surface area contributed by atoms with E-state index in [9.17, 15) is 18.8 Å². The van der Waals surface area contributed by atoms with Gasteiger partial charge in [0.2, 0.25) is 5.91 Å². The van der Waals surface area contributed by atoms with Gasteiger partial charge >= 0.3 is 0 Å². The van der Waals surface area contributed by atoms with Gasteiger partial charge in [0.25, 0.3) is 0 Å². The molecular formula is C25H24F2N4O. The molecule has 1 aliphatic rings. The molecule has 1 amide bonds. The summed E-state index contributed by atoms with van der Waals surface area (Å²) in [5.41, 5.74) is 3.75. The highest BCUT2D eigenvalue weighted by Gasteiger charge is 2.27. The molecule has 3 aromatic rings. The molecule has 2 aromatic carbocycles. The molecule has 5 nitrogen and oxygen atoms in total. The number of hydrogen-bond acceptors (Lipinski definition) is 4. The highest BCUT2D eigenvalue weighted by Crippen LogP contribution is 2.34. The summed E-state index contributed by atoms with van der Waals surface area (Å²) in [6.45, 7) is 4.92. The molecule has 0 saturated carbocycles. The maximum Gasteiger partial charge on any atom is 0.223 e. The molecule has 1 aliphatic heterocycles.